The molecule has 2 rings (SSSR count). The molecule has 2 aromatic carbocycles. The molecule has 0 saturated heterocycles. The SMILES string of the molecule is COC(=O)c1ccc(NC(=O)C(=O)NCCOc2ccc(OC)cc2)cc1. The van der Waals surface area contributed by atoms with E-state index in [2.05, 4.69) is 15.4 Å². The third-order valence-electron chi connectivity index (χ3n) is 3.49. The summed E-state index contributed by atoms with van der Waals surface area (Å²) in [6, 6.07) is 13.0. The summed E-state index contributed by atoms with van der Waals surface area (Å²) in [6.45, 7) is 0.374. The van der Waals surface area contributed by atoms with E-state index in [0.717, 1.165) is 0 Å². The van der Waals surface area contributed by atoms with E-state index >= 15 is 0 Å². The minimum absolute atomic E-state index is 0.166. The Bertz CT molecular complexity index is 787. The normalized spacial score (nSPS) is 9.85. The van der Waals surface area contributed by atoms with Gasteiger partial charge in [0.2, 0.25) is 0 Å². The summed E-state index contributed by atoms with van der Waals surface area (Å²) in [6.07, 6.45) is 0. The van der Waals surface area contributed by atoms with Crippen LogP contribution >= 0.6 is 0 Å². The summed E-state index contributed by atoms with van der Waals surface area (Å²) in [4.78, 5) is 35.0. The second-order valence-corrected chi connectivity index (χ2v) is 5.30. The lowest BCUT2D eigenvalue weighted by Crippen LogP contribution is -2.37. The zero-order chi connectivity index (χ0) is 19.6. The van der Waals surface area contributed by atoms with Crippen LogP contribution in [-0.2, 0) is 14.3 Å². The van der Waals surface area contributed by atoms with Crippen LogP contribution in [0.2, 0.25) is 0 Å². The zero-order valence-electron chi connectivity index (χ0n) is 15.0. The number of rotatable bonds is 7. The maximum atomic E-state index is 11.9. The first-order valence-corrected chi connectivity index (χ1v) is 8.08. The molecule has 0 bridgehead atoms. The van der Waals surface area contributed by atoms with Gasteiger partial charge in [0.05, 0.1) is 26.3 Å². The molecule has 0 unspecified atom stereocenters. The molecule has 0 heterocycles. The Kier molecular flexibility index (Phi) is 7.18. The van der Waals surface area contributed by atoms with Crippen LogP contribution in [0.1, 0.15) is 10.4 Å². The van der Waals surface area contributed by atoms with Crippen molar-refractivity contribution in [3.8, 4) is 11.5 Å². The van der Waals surface area contributed by atoms with Crippen LogP contribution in [0.3, 0.4) is 0 Å². The monoisotopic (exact) mass is 372 g/mol. The fourth-order valence-electron chi connectivity index (χ4n) is 2.08. The number of amides is 2. The van der Waals surface area contributed by atoms with Crippen molar-refractivity contribution in [3.63, 3.8) is 0 Å². The van der Waals surface area contributed by atoms with Crippen molar-refractivity contribution in [2.45, 2.75) is 0 Å². The Morgan fingerprint density at radius 3 is 2.07 bits per heavy atom. The van der Waals surface area contributed by atoms with Crippen LogP contribution in [0.4, 0.5) is 5.69 Å². The zero-order valence-corrected chi connectivity index (χ0v) is 15.0. The molecule has 0 aliphatic heterocycles. The number of methoxy groups -OCH3 is 2. The molecule has 0 saturated carbocycles. The number of hydrogen-bond acceptors (Lipinski definition) is 6. The molecule has 0 aliphatic rings. The molecule has 8 heteroatoms. The molecule has 0 spiro atoms. The summed E-state index contributed by atoms with van der Waals surface area (Å²) in [5.41, 5.74) is 0.730. The number of esters is 1. The highest BCUT2D eigenvalue weighted by atomic mass is 16.5. The van der Waals surface area contributed by atoms with Crippen LogP contribution in [0.5, 0.6) is 11.5 Å². The molecule has 0 fully saturated rings. The Morgan fingerprint density at radius 1 is 0.852 bits per heavy atom. The van der Waals surface area contributed by atoms with Crippen LogP contribution in [0, 0.1) is 0 Å². The first-order chi connectivity index (χ1) is 13.0. The summed E-state index contributed by atoms with van der Waals surface area (Å²) >= 11 is 0. The van der Waals surface area contributed by atoms with Crippen LogP contribution in [0.15, 0.2) is 48.5 Å². The topological polar surface area (TPSA) is 103 Å². The van der Waals surface area contributed by atoms with Crippen molar-refractivity contribution in [3.05, 3.63) is 54.1 Å². The lowest BCUT2D eigenvalue weighted by Gasteiger charge is -2.09. The van der Waals surface area contributed by atoms with Gasteiger partial charge in [0.15, 0.2) is 0 Å². The molecule has 0 atom stereocenters. The molecular formula is C19H20N2O6. The molecule has 2 aromatic rings. The Labute approximate surface area is 156 Å². The molecule has 0 radical (unpaired) electrons. The van der Waals surface area contributed by atoms with Gasteiger partial charge in [-0.1, -0.05) is 0 Å². The van der Waals surface area contributed by atoms with Gasteiger partial charge >= 0.3 is 17.8 Å². The Hall–Kier alpha value is -3.55. The number of carbonyl (C=O) groups excluding carboxylic acids is 3. The van der Waals surface area contributed by atoms with Crippen molar-refractivity contribution < 1.29 is 28.6 Å². The van der Waals surface area contributed by atoms with Gasteiger partial charge in [0.25, 0.3) is 0 Å². The van der Waals surface area contributed by atoms with Crippen molar-refractivity contribution >= 4 is 23.5 Å². The largest absolute Gasteiger partial charge is 0.497 e. The van der Waals surface area contributed by atoms with Crippen LogP contribution in [-0.4, -0.2) is 45.2 Å². The first kappa shape index (κ1) is 19.8. The summed E-state index contributed by atoms with van der Waals surface area (Å²) < 4.78 is 15.1. The highest BCUT2D eigenvalue weighted by Gasteiger charge is 2.13. The number of ether oxygens (including phenoxy) is 3. The predicted octanol–water partition coefficient (Wildman–Crippen LogP) is 1.62. The number of anilines is 1. The van der Waals surface area contributed by atoms with Crippen molar-refractivity contribution in [2.24, 2.45) is 0 Å². The molecule has 0 aromatic heterocycles. The van der Waals surface area contributed by atoms with Gasteiger partial charge in [-0.05, 0) is 48.5 Å². The lowest BCUT2D eigenvalue weighted by atomic mass is 10.2. The van der Waals surface area contributed by atoms with E-state index in [4.69, 9.17) is 9.47 Å². The molecule has 2 N–H and O–H groups in total. The van der Waals surface area contributed by atoms with Gasteiger partial charge in [-0.3, -0.25) is 9.59 Å². The van der Waals surface area contributed by atoms with E-state index in [-0.39, 0.29) is 13.2 Å². The van der Waals surface area contributed by atoms with E-state index in [0.29, 0.717) is 22.7 Å². The van der Waals surface area contributed by atoms with E-state index in [1.807, 2.05) is 0 Å². The molecular weight excluding hydrogens is 352 g/mol. The average molecular weight is 372 g/mol. The second-order valence-electron chi connectivity index (χ2n) is 5.30. The van der Waals surface area contributed by atoms with Crippen molar-refractivity contribution in [2.75, 3.05) is 32.7 Å². The smallest absolute Gasteiger partial charge is 0.337 e. The third kappa shape index (κ3) is 6.03. The van der Waals surface area contributed by atoms with Crippen molar-refractivity contribution in [1.29, 1.82) is 0 Å². The van der Waals surface area contributed by atoms with E-state index < -0.39 is 17.8 Å². The van der Waals surface area contributed by atoms with E-state index in [1.165, 1.54) is 31.4 Å². The number of hydrogen-bond donors (Lipinski definition) is 2. The van der Waals surface area contributed by atoms with Crippen LogP contribution in [0.25, 0.3) is 0 Å². The third-order valence-corrected chi connectivity index (χ3v) is 3.49. The molecule has 0 aliphatic carbocycles. The number of carbonyl (C=O) groups is 3. The standard InChI is InChI=1S/C19H20N2O6/c1-25-15-7-9-16(10-8-15)27-12-11-20-17(22)18(23)21-14-5-3-13(4-6-14)19(24)26-2/h3-10H,11-12H2,1-2H3,(H,20,22)(H,21,23). The predicted molar refractivity (Wildman–Crippen MR) is 97.9 cm³/mol. The quantitative estimate of drug-likeness (QED) is 0.435. The lowest BCUT2D eigenvalue weighted by molar-refractivity contribution is -0.136. The fraction of sp³-hybridized carbons (Fsp3) is 0.211. The summed E-state index contributed by atoms with van der Waals surface area (Å²) in [7, 11) is 2.85. The van der Waals surface area contributed by atoms with E-state index in [9.17, 15) is 14.4 Å². The van der Waals surface area contributed by atoms with Crippen LogP contribution < -0.4 is 20.1 Å². The maximum Gasteiger partial charge on any atom is 0.337 e. The first-order valence-electron chi connectivity index (χ1n) is 8.08. The Balaban J connectivity index is 1.73. The summed E-state index contributed by atoms with van der Waals surface area (Å²) in [5, 5.41) is 4.90. The average Bonchev–Trinajstić information content (AvgIpc) is 2.71. The number of nitrogens with one attached hydrogen (secondary N) is 2. The van der Waals surface area contributed by atoms with Crippen molar-refractivity contribution in [1.82, 2.24) is 5.32 Å². The minimum atomic E-state index is -0.815. The fourth-order valence-corrected chi connectivity index (χ4v) is 2.08. The van der Waals surface area contributed by atoms with Gasteiger partial charge < -0.3 is 24.8 Å². The minimum Gasteiger partial charge on any atom is -0.497 e. The Morgan fingerprint density at radius 2 is 1.48 bits per heavy atom. The maximum absolute atomic E-state index is 11.9. The molecule has 2 amide bonds. The van der Waals surface area contributed by atoms with Gasteiger partial charge in [0, 0.05) is 5.69 Å². The highest BCUT2D eigenvalue weighted by Crippen LogP contribution is 2.16. The van der Waals surface area contributed by atoms with Gasteiger partial charge in [-0.25, -0.2) is 4.79 Å². The molecule has 27 heavy (non-hydrogen) atoms. The second kappa shape index (κ2) is 9.81. The van der Waals surface area contributed by atoms with Gasteiger partial charge in [-0.15, -0.1) is 0 Å². The highest BCUT2D eigenvalue weighted by molar-refractivity contribution is 6.39. The number of benzene rings is 2. The summed E-state index contributed by atoms with van der Waals surface area (Å²) in [5.74, 6) is -0.745. The van der Waals surface area contributed by atoms with Gasteiger partial charge in [-0.2, -0.15) is 0 Å². The molecule has 8 nitrogen and oxygen atoms in total. The van der Waals surface area contributed by atoms with Gasteiger partial charge in [0.1, 0.15) is 18.1 Å². The molecule has 142 valence electrons. The van der Waals surface area contributed by atoms with E-state index in [1.54, 1.807) is 31.4 Å².